The summed E-state index contributed by atoms with van der Waals surface area (Å²) in [5.74, 6) is -3.81. The highest BCUT2D eigenvalue weighted by atomic mass is 31.2. The summed E-state index contributed by atoms with van der Waals surface area (Å²) in [6, 6.07) is 0. The maximum Gasteiger partial charge on any atom is 0.331 e. The van der Waals surface area contributed by atoms with E-state index in [1.54, 1.807) is 0 Å². The molecule has 0 fully saturated rings. The number of hydrogen-bond acceptors (Lipinski definition) is 4. The lowest BCUT2D eigenvalue weighted by molar-refractivity contribution is -0.140. The van der Waals surface area contributed by atoms with Crippen LogP contribution in [0.3, 0.4) is 0 Å². The van der Waals surface area contributed by atoms with E-state index >= 15 is 0 Å². The zero-order valence-electron chi connectivity index (χ0n) is 14.3. The predicted molar refractivity (Wildman–Crippen MR) is 91.4 cm³/mol. The van der Waals surface area contributed by atoms with Crippen LogP contribution in [-0.2, 0) is 14.2 Å². The average Bonchev–Trinajstić information content (AvgIpc) is 2.52. The van der Waals surface area contributed by atoms with Crippen LogP contribution in [0.15, 0.2) is 23.8 Å². The third kappa shape index (κ3) is 4.79. The molecule has 0 amide bonds. The molecule has 7 nitrogen and oxygen atoms in total. The third-order valence-corrected chi connectivity index (χ3v) is 6.77. The van der Waals surface area contributed by atoms with Crippen LogP contribution < -0.4 is 0 Å². The first-order chi connectivity index (χ1) is 11.1. The van der Waals surface area contributed by atoms with Crippen LogP contribution in [-0.4, -0.2) is 50.1 Å². The summed E-state index contributed by atoms with van der Waals surface area (Å²) in [6.45, 7) is 5.45. The van der Waals surface area contributed by atoms with E-state index in [9.17, 15) is 24.2 Å². The van der Waals surface area contributed by atoms with E-state index in [1.807, 2.05) is 13.8 Å². The van der Waals surface area contributed by atoms with Crippen molar-refractivity contribution in [3.05, 3.63) is 23.8 Å². The maximum absolute atomic E-state index is 12.6. The van der Waals surface area contributed by atoms with Gasteiger partial charge in [-0.3, -0.25) is 9.36 Å². The summed E-state index contributed by atoms with van der Waals surface area (Å²) < 4.78 is 12.6. The molecule has 0 saturated heterocycles. The predicted octanol–water partition coefficient (Wildman–Crippen LogP) is 2.49. The van der Waals surface area contributed by atoms with Crippen LogP contribution in [0.25, 0.3) is 0 Å². The molecule has 3 unspecified atom stereocenters. The van der Waals surface area contributed by atoms with Gasteiger partial charge in [-0.05, 0) is 12.8 Å². The summed E-state index contributed by atoms with van der Waals surface area (Å²) in [6.07, 6.45) is 5.47. The molecule has 138 valence electrons. The molecule has 1 aliphatic carbocycles. The lowest BCUT2D eigenvalue weighted by Crippen LogP contribution is -2.46. The number of carboxylic acids is 2. The second kappa shape index (κ2) is 9.77. The van der Waals surface area contributed by atoms with Crippen molar-refractivity contribution in [3.8, 4) is 0 Å². The molecule has 0 spiro atoms. The molecule has 8 heteroatoms. The number of carboxylic acid groups (broad SMARTS) is 2. The lowest BCUT2D eigenvalue weighted by Gasteiger charge is -2.38. The molecular weight excluding hydrogens is 335 g/mol. The number of rotatable bonds is 7. The number of hydrogen-bond donors (Lipinski definition) is 4. The Morgan fingerprint density at radius 3 is 2.17 bits per heavy atom. The van der Waals surface area contributed by atoms with Gasteiger partial charge in [0.25, 0.3) is 0 Å². The Kier molecular flexibility index (Phi) is 9.18. The van der Waals surface area contributed by atoms with Crippen molar-refractivity contribution in [2.24, 2.45) is 5.92 Å². The Hall–Kier alpha value is -1.43. The van der Waals surface area contributed by atoms with Crippen molar-refractivity contribution in [2.45, 2.75) is 45.2 Å². The van der Waals surface area contributed by atoms with E-state index in [1.165, 1.54) is 19.1 Å². The molecule has 0 heterocycles. The SMILES string of the molecule is CCCCP(=O)(O)C1(C(=O)O)C=CC=C(C(=O)O)C1C.CCCO. The van der Waals surface area contributed by atoms with E-state index in [4.69, 9.17) is 10.2 Å². The van der Waals surface area contributed by atoms with Gasteiger partial charge in [0.1, 0.15) is 0 Å². The normalized spacial score (nSPS) is 25.0. The average molecular weight is 362 g/mol. The van der Waals surface area contributed by atoms with Crippen LogP contribution in [0.1, 0.15) is 40.0 Å². The van der Waals surface area contributed by atoms with Crippen LogP contribution in [0.2, 0.25) is 0 Å². The van der Waals surface area contributed by atoms with Gasteiger partial charge in [-0.25, -0.2) is 4.79 Å². The zero-order chi connectivity index (χ0) is 19.0. The van der Waals surface area contributed by atoms with E-state index in [-0.39, 0.29) is 11.7 Å². The highest BCUT2D eigenvalue weighted by Crippen LogP contribution is 2.61. The fourth-order valence-corrected chi connectivity index (χ4v) is 4.94. The number of aliphatic hydroxyl groups excluding tert-OH is 1. The molecule has 4 N–H and O–H groups in total. The van der Waals surface area contributed by atoms with Gasteiger partial charge >= 0.3 is 11.9 Å². The summed E-state index contributed by atoms with van der Waals surface area (Å²) in [7, 11) is -4.10. The molecule has 1 aliphatic rings. The number of carbonyl (C=O) groups is 2. The van der Waals surface area contributed by atoms with Gasteiger partial charge in [-0.15, -0.1) is 0 Å². The van der Waals surface area contributed by atoms with Crippen LogP contribution in [0, 0.1) is 5.92 Å². The quantitative estimate of drug-likeness (QED) is 0.511. The van der Waals surface area contributed by atoms with E-state index in [0.29, 0.717) is 19.4 Å². The summed E-state index contributed by atoms with van der Waals surface area (Å²) in [5, 5.41) is 24.4. The smallest absolute Gasteiger partial charge is 0.331 e. The summed E-state index contributed by atoms with van der Waals surface area (Å²) in [5.41, 5.74) is -0.166. The van der Waals surface area contributed by atoms with Gasteiger partial charge in [-0.2, -0.15) is 0 Å². The number of aliphatic hydroxyl groups is 1. The first-order valence-corrected chi connectivity index (χ1v) is 9.75. The Morgan fingerprint density at radius 1 is 1.25 bits per heavy atom. The number of aliphatic carboxylic acids is 2. The Labute approximate surface area is 142 Å². The second-order valence-corrected chi connectivity index (χ2v) is 8.23. The lowest BCUT2D eigenvalue weighted by atomic mass is 9.82. The summed E-state index contributed by atoms with van der Waals surface area (Å²) >= 11 is 0. The fraction of sp³-hybridized carbons (Fsp3) is 0.625. The number of unbranched alkanes of at least 4 members (excludes halogenated alkanes) is 1. The minimum atomic E-state index is -4.10. The second-order valence-electron chi connectivity index (χ2n) is 5.64. The van der Waals surface area contributed by atoms with Crippen molar-refractivity contribution in [1.29, 1.82) is 0 Å². The van der Waals surface area contributed by atoms with Crippen molar-refractivity contribution < 1.29 is 34.4 Å². The molecule has 0 bridgehead atoms. The molecular formula is C16H27O7P. The minimum Gasteiger partial charge on any atom is -0.480 e. The van der Waals surface area contributed by atoms with Gasteiger partial charge in [-0.1, -0.05) is 45.4 Å². The van der Waals surface area contributed by atoms with Crippen LogP contribution in [0.5, 0.6) is 0 Å². The van der Waals surface area contributed by atoms with Crippen molar-refractivity contribution in [1.82, 2.24) is 0 Å². The van der Waals surface area contributed by atoms with Gasteiger partial charge < -0.3 is 20.2 Å². The minimum absolute atomic E-state index is 0.141. The Morgan fingerprint density at radius 2 is 1.79 bits per heavy atom. The van der Waals surface area contributed by atoms with E-state index in [2.05, 4.69) is 0 Å². The summed E-state index contributed by atoms with van der Waals surface area (Å²) in [4.78, 5) is 33.1. The Bertz CT molecular complexity index is 551. The molecule has 1 rings (SSSR count). The molecule has 0 radical (unpaired) electrons. The van der Waals surface area contributed by atoms with Gasteiger partial charge in [0.2, 0.25) is 7.37 Å². The van der Waals surface area contributed by atoms with E-state index in [0.717, 1.165) is 12.5 Å². The maximum atomic E-state index is 12.6. The standard InChI is InChI=1S/C13H19O6P.C3H8O/c1-3-4-8-20(18,19)13(12(16)17)7-5-6-10(9(13)2)11(14)15;1-2-3-4/h5-7,9H,3-4,8H2,1-2H3,(H,14,15)(H,16,17)(H,18,19);4H,2-3H2,1H3. The first kappa shape index (κ1) is 22.6. The van der Waals surface area contributed by atoms with Gasteiger partial charge in [0.15, 0.2) is 5.16 Å². The molecule has 0 saturated carbocycles. The van der Waals surface area contributed by atoms with Crippen LogP contribution >= 0.6 is 7.37 Å². The van der Waals surface area contributed by atoms with Gasteiger partial charge in [0.05, 0.1) is 0 Å². The Balaban J connectivity index is 0.00000118. The van der Waals surface area contributed by atoms with Crippen molar-refractivity contribution in [2.75, 3.05) is 12.8 Å². The molecule has 0 aromatic carbocycles. The van der Waals surface area contributed by atoms with Crippen LogP contribution in [0.4, 0.5) is 0 Å². The van der Waals surface area contributed by atoms with E-state index < -0.39 is 30.4 Å². The van der Waals surface area contributed by atoms with Crippen molar-refractivity contribution >= 4 is 19.3 Å². The molecule has 3 atom stereocenters. The topological polar surface area (TPSA) is 132 Å². The molecule has 24 heavy (non-hydrogen) atoms. The largest absolute Gasteiger partial charge is 0.480 e. The zero-order valence-corrected chi connectivity index (χ0v) is 15.2. The molecule has 0 aromatic heterocycles. The third-order valence-electron chi connectivity index (χ3n) is 3.96. The highest BCUT2D eigenvalue weighted by molar-refractivity contribution is 7.61. The molecule has 0 aliphatic heterocycles. The molecule has 0 aromatic rings. The highest BCUT2D eigenvalue weighted by Gasteiger charge is 2.57. The number of allylic oxidation sites excluding steroid dienone is 2. The monoisotopic (exact) mass is 362 g/mol. The van der Waals surface area contributed by atoms with Crippen molar-refractivity contribution in [3.63, 3.8) is 0 Å². The first-order valence-electron chi connectivity index (χ1n) is 7.91. The van der Waals surface area contributed by atoms with Gasteiger partial charge in [0, 0.05) is 24.3 Å². The fourth-order valence-electron chi connectivity index (χ4n) is 2.46.